The standard InChI is InChI=1S/C13H15ClN2O2S3/c14-13-4-3-10(20-13)7-16-21(17,18)12-5-6-19-11(12)8-15-9-1-2-9/h3-6,9,15-16H,1-2,7-8H2. The lowest BCUT2D eigenvalue weighted by atomic mass is 10.4. The summed E-state index contributed by atoms with van der Waals surface area (Å²) in [4.78, 5) is 2.14. The number of nitrogens with one attached hydrogen (secondary N) is 2. The van der Waals surface area contributed by atoms with Crippen molar-refractivity contribution >= 4 is 44.3 Å². The van der Waals surface area contributed by atoms with Gasteiger partial charge < -0.3 is 5.32 Å². The van der Waals surface area contributed by atoms with Crippen molar-refractivity contribution in [1.29, 1.82) is 0 Å². The Kier molecular flexibility index (Phi) is 4.68. The van der Waals surface area contributed by atoms with Gasteiger partial charge in [-0.2, -0.15) is 0 Å². The smallest absolute Gasteiger partial charge is 0.242 e. The highest BCUT2D eigenvalue weighted by molar-refractivity contribution is 7.89. The van der Waals surface area contributed by atoms with Gasteiger partial charge in [0.2, 0.25) is 10.0 Å². The SMILES string of the molecule is O=S(=O)(NCc1ccc(Cl)s1)c1ccsc1CNC1CC1. The van der Waals surface area contributed by atoms with Gasteiger partial charge in [0.05, 0.1) is 9.23 Å². The molecule has 4 nitrogen and oxygen atoms in total. The minimum atomic E-state index is -3.48. The molecule has 2 aromatic rings. The molecule has 1 fully saturated rings. The molecule has 0 atom stereocenters. The van der Waals surface area contributed by atoms with E-state index in [4.69, 9.17) is 11.6 Å². The van der Waals surface area contributed by atoms with Gasteiger partial charge in [0.25, 0.3) is 0 Å². The molecule has 0 spiro atoms. The van der Waals surface area contributed by atoms with Crippen LogP contribution in [0.15, 0.2) is 28.5 Å². The van der Waals surface area contributed by atoms with E-state index in [0.29, 0.717) is 21.8 Å². The average Bonchev–Trinajstić information content (AvgIpc) is 2.97. The molecular weight excluding hydrogens is 348 g/mol. The summed E-state index contributed by atoms with van der Waals surface area (Å²) in [5.41, 5.74) is 0. The first-order chi connectivity index (χ1) is 10.0. The molecule has 8 heteroatoms. The van der Waals surface area contributed by atoms with Crippen LogP contribution < -0.4 is 10.0 Å². The normalized spacial score (nSPS) is 15.5. The van der Waals surface area contributed by atoms with Crippen LogP contribution in [0.1, 0.15) is 22.6 Å². The van der Waals surface area contributed by atoms with Gasteiger partial charge in [-0.25, -0.2) is 13.1 Å². The second kappa shape index (κ2) is 6.36. The van der Waals surface area contributed by atoms with E-state index in [2.05, 4.69) is 10.0 Å². The minimum absolute atomic E-state index is 0.269. The maximum atomic E-state index is 12.4. The summed E-state index contributed by atoms with van der Waals surface area (Å²) in [6.45, 7) is 0.883. The van der Waals surface area contributed by atoms with E-state index in [9.17, 15) is 8.42 Å². The summed E-state index contributed by atoms with van der Waals surface area (Å²) in [5, 5.41) is 5.17. The van der Waals surface area contributed by atoms with Crippen molar-refractivity contribution in [2.24, 2.45) is 0 Å². The van der Waals surface area contributed by atoms with Crippen LogP contribution in [0.2, 0.25) is 4.34 Å². The van der Waals surface area contributed by atoms with E-state index < -0.39 is 10.0 Å². The molecule has 1 aliphatic rings. The molecule has 21 heavy (non-hydrogen) atoms. The molecular formula is C13H15ClN2O2S3. The van der Waals surface area contributed by atoms with Crippen LogP contribution in [0.5, 0.6) is 0 Å². The third-order valence-corrected chi connectivity index (χ3v) is 6.96. The fourth-order valence-corrected chi connectivity index (χ4v) is 5.43. The van der Waals surface area contributed by atoms with Gasteiger partial charge in [0.15, 0.2) is 0 Å². The van der Waals surface area contributed by atoms with E-state index in [-0.39, 0.29) is 6.54 Å². The summed E-state index contributed by atoms with van der Waals surface area (Å²) < 4.78 is 28.1. The fraction of sp³-hybridized carbons (Fsp3) is 0.385. The first-order valence-electron chi connectivity index (χ1n) is 6.58. The van der Waals surface area contributed by atoms with Gasteiger partial charge in [-0.15, -0.1) is 22.7 Å². The summed E-state index contributed by atoms with van der Waals surface area (Å²) in [6, 6.07) is 5.83. The van der Waals surface area contributed by atoms with Crippen molar-refractivity contribution in [2.45, 2.75) is 36.9 Å². The Hall–Kier alpha value is -0.440. The van der Waals surface area contributed by atoms with E-state index in [1.807, 2.05) is 11.4 Å². The number of thiophene rings is 2. The minimum Gasteiger partial charge on any atom is -0.309 e. The topological polar surface area (TPSA) is 58.2 Å². The van der Waals surface area contributed by atoms with Crippen LogP contribution in [-0.2, 0) is 23.1 Å². The number of hydrogen-bond donors (Lipinski definition) is 2. The second-order valence-corrected chi connectivity index (χ2v) is 9.43. The fourth-order valence-electron chi connectivity index (χ4n) is 1.91. The molecule has 1 saturated carbocycles. The summed E-state index contributed by atoms with van der Waals surface area (Å²) in [6.07, 6.45) is 2.37. The molecule has 2 heterocycles. The van der Waals surface area contributed by atoms with Crippen LogP contribution >= 0.6 is 34.3 Å². The maximum Gasteiger partial charge on any atom is 0.242 e. The van der Waals surface area contributed by atoms with Crippen LogP contribution in [0, 0.1) is 0 Å². The molecule has 114 valence electrons. The zero-order chi connectivity index (χ0) is 14.9. The summed E-state index contributed by atoms with van der Waals surface area (Å²) in [7, 11) is -3.48. The number of sulfonamides is 1. The predicted molar refractivity (Wildman–Crippen MR) is 87.5 cm³/mol. The van der Waals surface area contributed by atoms with Gasteiger partial charge in [-0.05, 0) is 36.4 Å². The average molecular weight is 363 g/mol. The summed E-state index contributed by atoms with van der Waals surface area (Å²) in [5.74, 6) is 0. The third-order valence-electron chi connectivity index (χ3n) is 3.19. The van der Waals surface area contributed by atoms with Crippen molar-refractivity contribution in [2.75, 3.05) is 0 Å². The van der Waals surface area contributed by atoms with Crippen LogP contribution in [-0.4, -0.2) is 14.5 Å². The van der Waals surface area contributed by atoms with Crippen molar-refractivity contribution in [3.05, 3.63) is 37.7 Å². The molecule has 0 aromatic carbocycles. The second-order valence-electron chi connectivity index (χ2n) is 4.89. The Bertz CT molecular complexity index is 719. The lowest BCUT2D eigenvalue weighted by molar-refractivity contribution is 0.579. The predicted octanol–water partition coefficient (Wildman–Crippen LogP) is 3.19. The molecule has 1 aliphatic carbocycles. The molecule has 0 saturated heterocycles. The quantitative estimate of drug-likeness (QED) is 0.795. The van der Waals surface area contributed by atoms with Gasteiger partial charge in [-0.1, -0.05) is 11.6 Å². The number of halogens is 1. The monoisotopic (exact) mass is 362 g/mol. The first-order valence-corrected chi connectivity index (χ1v) is 10.1. The van der Waals surface area contributed by atoms with Gasteiger partial charge in [0, 0.05) is 28.9 Å². The highest BCUT2D eigenvalue weighted by atomic mass is 35.5. The first kappa shape index (κ1) is 15.5. The van der Waals surface area contributed by atoms with Crippen LogP contribution in [0.4, 0.5) is 0 Å². The van der Waals surface area contributed by atoms with E-state index in [1.54, 1.807) is 12.1 Å². The van der Waals surface area contributed by atoms with Crippen molar-refractivity contribution < 1.29 is 8.42 Å². The Labute approximate surface area is 137 Å². The molecule has 2 N–H and O–H groups in total. The van der Waals surface area contributed by atoms with Crippen molar-refractivity contribution in [1.82, 2.24) is 10.0 Å². The molecule has 3 rings (SSSR count). The maximum absolute atomic E-state index is 12.4. The Morgan fingerprint density at radius 1 is 1.24 bits per heavy atom. The van der Waals surface area contributed by atoms with Crippen molar-refractivity contribution in [3.63, 3.8) is 0 Å². The molecule has 0 aliphatic heterocycles. The number of rotatable bonds is 7. The number of hydrogen-bond acceptors (Lipinski definition) is 5. The Morgan fingerprint density at radius 3 is 2.71 bits per heavy atom. The van der Waals surface area contributed by atoms with E-state index >= 15 is 0 Å². The molecule has 0 radical (unpaired) electrons. The van der Waals surface area contributed by atoms with Crippen LogP contribution in [0.25, 0.3) is 0 Å². The molecule has 0 bridgehead atoms. The largest absolute Gasteiger partial charge is 0.309 e. The molecule has 0 amide bonds. The zero-order valence-corrected chi connectivity index (χ0v) is 14.3. The Balaban J connectivity index is 1.67. The van der Waals surface area contributed by atoms with Gasteiger partial charge in [-0.3, -0.25) is 0 Å². The lowest BCUT2D eigenvalue weighted by Crippen LogP contribution is -2.24. The van der Waals surface area contributed by atoms with Crippen LogP contribution in [0.3, 0.4) is 0 Å². The molecule has 2 aromatic heterocycles. The summed E-state index contributed by atoms with van der Waals surface area (Å²) >= 11 is 8.70. The third kappa shape index (κ3) is 4.06. The highest BCUT2D eigenvalue weighted by Crippen LogP contribution is 2.26. The van der Waals surface area contributed by atoms with E-state index in [0.717, 1.165) is 9.75 Å². The van der Waals surface area contributed by atoms with E-state index in [1.165, 1.54) is 35.5 Å². The van der Waals surface area contributed by atoms with Gasteiger partial charge >= 0.3 is 0 Å². The lowest BCUT2D eigenvalue weighted by Gasteiger charge is -2.07. The zero-order valence-electron chi connectivity index (χ0n) is 11.1. The Morgan fingerprint density at radius 2 is 2.05 bits per heavy atom. The highest BCUT2D eigenvalue weighted by Gasteiger charge is 2.23. The van der Waals surface area contributed by atoms with Crippen molar-refractivity contribution in [3.8, 4) is 0 Å². The van der Waals surface area contributed by atoms with Gasteiger partial charge in [0.1, 0.15) is 0 Å². The molecule has 0 unspecified atom stereocenters.